The molecule has 2 heterocycles. The second kappa shape index (κ2) is 2.81. The normalized spacial score (nSPS) is 10.8. The fourth-order valence-corrected chi connectivity index (χ4v) is 1.25. The molecule has 0 aliphatic rings. The lowest BCUT2D eigenvalue weighted by Gasteiger charge is -2.11. The summed E-state index contributed by atoms with van der Waals surface area (Å²) in [5, 5.41) is 1.37. The van der Waals surface area contributed by atoms with Crippen molar-refractivity contribution in [1.82, 2.24) is 19.5 Å². The Bertz CT molecular complexity index is 472. The van der Waals surface area contributed by atoms with Gasteiger partial charge in [0.25, 0.3) is 0 Å². The number of rotatable bonds is 1. The molecule has 7 heteroatoms. The van der Waals surface area contributed by atoms with Crippen molar-refractivity contribution >= 4 is 22.9 Å². The van der Waals surface area contributed by atoms with E-state index >= 15 is 0 Å². The lowest BCUT2D eigenvalue weighted by atomic mass is 10.5. The topological polar surface area (TPSA) is 98.9 Å². The molecule has 0 aliphatic carbocycles. The number of anilines is 2. The van der Waals surface area contributed by atoms with Crippen molar-refractivity contribution in [3.8, 4) is 0 Å². The van der Waals surface area contributed by atoms with Crippen molar-refractivity contribution < 1.29 is 0 Å². The second-order valence-corrected chi connectivity index (χ2v) is 3.04. The quantitative estimate of drug-likeness (QED) is 0.457. The van der Waals surface area contributed by atoms with Crippen molar-refractivity contribution in [2.45, 2.75) is 0 Å². The van der Waals surface area contributed by atoms with Gasteiger partial charge >= 0.3 is 0 Å². The molecule has 0 amide bonds. The SMILES string of the molecule is CN(N)c1nc(N)nc2c1ncn2C. The van der Waals surface area contributed by atoms with Gasteiger partial charge < -0.3 is 10.3 Å². The highest BCUT2D eigenvalue weighted by Crippen LogP contribution is 2.19. The third-order valence-electron chi connectivity index (χ3n) is 1.89. The molecule has 2 aromatic heterocycles. The summed E-state index contributed by atoms with van der Waals surface area (Å²) in [6, 6.07) is 0. The molecule has 2 aromatic rings. The fraction of sp³-hybridized carbons (Fsp3) is 0.286. The summed E-state index contributed by atoms with van der Waals surface area (Å²) in [6.45, 7) is 0. The summed E-state index contributed by atoms with van der Waals surface area (Å²) in [5.41, 5.74) is 6.86. The number of hydrogen-bond acceptors (Lipinski definition) is 6. The van der Waals surface area contributed by atoms with Gasteiger partial charge in [0.2, 0.25) is 5.95 Å². The highest BCUT2D eigenvalue weighted by Gasteiger charge is 2.11. The number of aryl methyl sites for hydroxylation is 1. The van der Waals surface area contributed by atoms with Gasteiger partial charge in [0.1, 0.15) is 0 Å². The van der Waals surface area contributed by atoms with Crippen LogP contribution in [-0.2, 0) is 7.05 Å². The second-order valence-electron chi connectivity index (χ2n) is 3.04. The van der Waals surface area contributed by atoms with Gasteiger partial charge in [-0.3, -0.25) is 5.01 Å². The molecule has 74 valence electrons. The Balaban J connectivity index is 2.82. The summed E-state index contributed by atoms with van der Waals surface area (Å²) >= 11 is 0. The van der Waals surface area contributed by atoms with Crippen LogP contribution in [0.3, 0.4) is 0 Å². The average Bonchev–Trinajstić information content (AvgIpc) is 2.47. The van der Waals surface area contributed by atoms with E-state index in [4.69, 9.17) is 11.6 Å². The van der Waals surface area contributed by atoms with Crippen molar-refractivity contribution in [2.75, 3.05) is 17.8 Å². The molecule has 0 aromatic carbocycles. The first-order chi connectivity index (χ1) is 6.59. The number of hydrogen-bond donors (Lipinski definition) is 2. The van der Waals surface area contributed by atoms with E-state index in [1.807, 2.05) is 7.05 Å². The molecule has 0 spiro atoms. The van der Waals surface area contributed by atoms with Crippen molar-refractivity contribution in [2.24, 2.45) is 12.9 Å². The number of aromatic nitrogens is 4. The van der Waals surface area contributed by atoms with Gasteiger partial charge in [-0.15, -0.1) is 0 Å². The third-order valence-corrected chi connectivity index (χ3v) is 1.89. The predicted octanol–water partition coefficient (Wildman–Crippen LogP) is -0.745. The Labute approximate surface area is 80.3 Å². The number of fused-ring (bicyclic) bond motifs is 1. The van der Waals surface area contributed by atoms with E-state index in [2.05, 4.69) is 15.0 Å². The number of nitrogens with zero attached hydrogens (tertiary/aromatic N) is 5. The molecule has 0 aliphatic heterocycles. The highest BCUT2D eigenvalue weighted by molar-refractivity contribution is 5.84. The van der Waals surface area contributed by atoms with E-state index in [0.29, 0.717) is 17.0 Å². The standard InChI is InChI=1S/C7H11N7/c1-13-3-10-4-5(13)11-7(8)12-6(4)14(2)9/h3H,9H2,1-2H3,(H2,8,11,12). The van der Waals surface area contributed by atoms with E-state index < -0.39 is 0 Å². The van der Waals surface area contributed by atoms with Crippen LogP contribution >= 0.6 is 0 Å². The molecule has 4 N–H and O–H groups in total. The maximum atomic E-state index is 5.60. The third kappa shape index (κ3) is 1.14. The Kier molecular flexibility index (Phi) is 1.74. The van der Waals surface area contributed by atoms with Crippen LogP contribution in [0.15, 0.2) is 6.33 Å². The molecule has 2 rings (SSSR count). The molecule has 0 atom stereocenters. The summed E-state index contributed by atoms with van der Waals surface area (Å²) < 4.78 is 1.76. The zero-order valence-corrected chi connectivity index (χ0v) is 7.97. The maximum Gasteiger partial charge on any atom is 0.224 e. The van der Waals surface area contributed by atoms with Crippen LogP contribution in [0.5, 0.6) is 0 Å². The van der Waals surface area contributed by atoms with E-state index in [9.17, 15) is 0 Å². The van der Waals surface area contributed by atoms with Gasteiger partial charge in [0, 0.05) is 14.1 Å². The van der Waals surface area contributed by atoms with E-state index in [1.165, 1.54) is 5.01 Å². The maximum absolute atomic E-state index is 5.60. The molecule has 0 bridgehead atoms. The lowest BCUT2D eigenvalue weighted by Crippen LogP contribution is -2.27. The van der Waals surface area contributed by atoms with Crippen LogP contribution in [0.2, 0.25) is 0 Å². The number of imidazole rings is 1. The molecule has 7 nitrogen and oxygen atoms in total. The van der Waals surface area contributed by atoms with Gasteiger partial charge in [0.05, 0.1) is 6.33 Å². The molecule has 0 saturated heterocycles. The zero-order valence-electron chi connectivity index (χ0n) is 7.97. The van der Waals surface area contributed by atoms with Gasteiger partial charge in [-0.25, -0.2) is 10.8 Å². The summed E-state index contributed by atoms with van der Waals surface area (Å²) in [5.74, 6) is 6.31. The van der Waals surface area contributed by atoms with Crippen molar-refractivity contribution in [1.29, 1.82) is 0 Å². The van der Waals surface area contributed by atoms with Crippen LogP contribution in [-0.4, -0.2) is 26.6 Å². The predicted molar refractivity (Wildman–Crippen MR) is 53.3 cm³/mol. The largest absolute Gasteiger partial charge is 0.368 e. The Morgan fingerprint density at radius 2 is 2.14 bits per heavy atom. The summed E-state index contributed by atoms with van der Waals surface area (Å²) in [7, 11) is 3.51. The first-order valence-corrected chi connectivity index (χ1v) is 4.02. The van der Waals surface area contributed by atoms with Crippen LogP contribution in [0.1, 0.15) is 0 Å². The van der Waals surface area contributed by atoms with Crippen LogP contribution in [0.4, 0.5) is 11.8 Å². The Morgan fingerprint density at radius 3 is 2.79 bits per heavy atom. The molecular weight excluding hydrogens is 182 g/mol. The molecular formula is C7H11N7. The minimum atomic E-state index is 0.188. The van der Waals surface area contributed by atoms with E-state index in [1.54, 1.807) is 17.9 Å². The Hall–Kier alpha value is -1.89. The lowest BCUT2D eigenvalue weighted by molar-refractivity contribution is 0.927. The van der Waals surface area contributed by atoms with Crippen molar-refractivity contribution in [3.63, 3.8) is 0 Å². The van der Waals surface area contributed by atoms with Gasteiger partial charge in [0.15, 0.2) is 17.0 Å². The van der Waals surface area contributed by atoms with E-state index in [-0.39, 0.29) is 5.95 Å². The zero-order chi connectivity index (χ0) is 10.3. The number of nitrogens with two attached hydrogens (primary N) is 2. The molecule has 0 radical (unpaired) electrons. The minimum Gasteiger partial charge on any atom is -0.368 e. The highest BCUT2D eigenvalue weighted by atomic mass is 15.4. The van der Waals surface area contributed by atoms with Crippen LogP contribution < -0.4 is 16.6 Å². The number of nitrogen functional groups attached to an aromatic ring is 1. The van der Waals surface area contributed by atoms with Crippen LogP contribution in [0.25, 0.3) is 11.2 Å². The monoisotopic (exact) mass is 193 g/mol. The average molecular weight is 193 g/mol. The summed E-state index contributed by atoms with van der Waals surface area (Å²) in [6.07, 6.45) is 1.64. The van der Waals surface area contributed by atoms with Crippen LogP contribution in [0, 0.1) is 0 Å². The number of hydrazine groups is 1. The fourth-order valence-electron chi connectivity index (χ4n) is 1.25. The molecule has 0 saturated carbocycles. The first-order valence-electron chi connectivity index (χ1n) is 4.02. The van der Waals surface area contributed by atoms with E-state index in [0.717, 1.165) is 0 Å². The van der Waals surface area contributed by atoms with Gasteiger partial charge in [-0.2, -0.15) is 9.97 Å². The minimum absolute atomic E-state index is 0.188. The Morgan fingerprint density at radius 1 is 1.43 bits per heavy atom. The van der Waals surface area contributed by atoms with Gasteiger partial charge in [-0.1, -0.05) is 0 Å². The summed E-state index contributed by atoms with van der Waals surface area (Å²) in [4.78, 5) is 12.2. The molecule has 0 fully saturated rings. The molecule has 14 heavy (non-hydrogen) atoms. The van der Waals surface area contributed by atoms with Crippen molar-refractivity contribution in [3.05, 3.63) is 6.33 Å². The first kappa shape index (κ1) is 8.70. The van der Waals surface area contributed by atoms with Gasteiger partial charge in [-0.05, 0) is 0 Å². The smallest absolute Gasteiger partial charge is 0.224 e. The molecule has 0 unspecified atom stereocenters.